The summed E-state index contributed by atoms with van der Waals surface area (Å²) in [6.45, 7) is 8.91. The normalized spacial score (nSPS) is 15.8. The van der Waals surface area contributed by atoms with Gasteiger partial charge < -0.3 is 15.5 Å². The average molecular weight is 360 g/mol. The van der Waals surface area contributed by atoms with Crippen LogP contribution in [-0.4, -0.2) is 43.4 Å². The Morgan fingerprint density at radius 2 is 1.73 bits per heavy atom. The minimum Gasteiger partial charge on any atom is -0.352 e. The molecule has 1 aliphatic rings. The number of piperidine rings is 1. The van der Waals surface area contributed by atoms with Gasteiger partial charge in [0.05, 0.1) is 0 Å². The van der Waals surface area contributed by atoms with Crippen molar-refractivity contribution in [1.29, 1.82) is 0 Å². The van der Waals surface area contributed by atoms with Gasteiger partial charge in [-0.15, -0.1) is 0 Å². The molecular formula is C21H33N3O2. The monoisotopic (exact) mass is 359 g/mol. The highest BCUT2D eigenvalue weighted by Gasteiger charge is 2.23. The number of hydrogen-bond donors (Lipinski definition) is 2. The van der Waals surface area contributed by atoms with Gasteiger partial charge in [-0.3, -0.25) is 9.59 Å². The van der Waals surface area contributed by atoms with Crippen molar-refractivity contribution in [3.63, 3.8) is 0 Å². The number of likely N-dealkylation sites (tertiary alicyclic amines) is 1. The molecule has 144 valence electrons. The van der Waals surface area contributed by atoms with Crippen LogP contribution in [0.15, 0.2) is 24.3 Å². The van der Waals surface area contributed by atoms with E-state index < -0.39 is 5.41 Å². The summed E-state index contributed by atoms with van der Waals surface area (Å²) in [5, 5.41) is 6.13. The third-order valence-electron chi connectivity index (χ3n) is 5.04. The van der Waals surface area contributed by atoms with Crippen molar-refractivity contribution in [2.45, 2.75) is 46.6 Å². The predicted molar refractivity (Wildman–Crippen MR) is 105 cm³/mol. The Labute approximate surface area is 157 Å². The predicted octanol–water partition coefficient (Wildman–Crippen LogP) is 2.81. The van der Waals surface area contributed by atoms with E-state index in [2.05, 4.69) is 10.6 Å². The van der Waals surface area contributed by atoms with Crippen LogP contribution in [-0.2, 0) is 11.3 Å². The minimum absolute atomic E-state index is 0.0267. The molecule has 1 aromatic rings. The van der Waals surface area contributed by atoms with Gasteiger partial charge in [-0.2, -0.15) is 0 Å². The Kier molecular flexibility index (Phi) is 7.21. The second kappa shape index (κ2) is 9.17. The van der Waals surface area contributed by atoms with Gasteiger partial charge in [0.1, 0.15) is 0 Å². The number of nitrogens with one attached hydrogen (secondary N) is 2. The fourth-order valence-electron chi connectivity index (χ4n) is 3.17. The van der Waals surface area contributed by atoms with Gasteiger partial charge in [-0.1, -0.05) is 32.9 Å². The zero-order valence-corrected chi connectivity index (χ0v) is 16.6. The molecule has 1 heterocycles. The molecule has 0 radical (unpaired) electrons. The zero-order chi connectivity index (χ0) is 19.2. The van der Waals surface area contributed by atoms with E-state index in [1.807, 2.05) is 57.0 Å². The van der Waals surface area contributed by atoms with Crippen molar-refractivity contribution >= 4 is 11.8 Å². The Morgan fingerprint density at radius 3 is 2.27 bits per heavy atom. The van der Waals surface area contributed by atoms with Crippen molar-refractivity contribution < 1.29 is 9.59 Å². The molecule has 26 heavy (non-hydrogen) atoms. The molecule has 2 rings (SSSR count). The molecule has 1 aliphatic heterocycles. The maximum absolute atomic E-state index is 12.7. The Bertz CT molecular complexity index is 597. The molecule has 5 nitrogen and oxygen atoms in total. The molecule has 0 spiro atoms. The number of carbonyl (C=O) groups is 2. The van der Waals surface area contributed by atoms with Gasteiger partial charge in [-0.25, -0.2) is 0 Å². The fraction of sp³-hybridized carbons (Fsp3) is 0.619. The summed E-state index contributed by atoms with van der Waals surface area (Å²) >= 11 is 0. The minimum atomic E-state index is -0.394. The van der Waals surface area contributed by atoms with Gasteiger partial charge in [0.2, 0.25) is 5.91 Å². The second-order valence-electron chi connectivity index (χ2n) is 8.26. The summed E-state index contributed by atoms with van der Waals surface area (Å²) in [4.78, 5) is 26.6. The van der Waals surface area contributed by atoms with E-state index in [1.54, 1.807) is 0 Å². The number of nitrogens with zero attached hydrogens (tertiary/aromatic N) is 1. The van der Waals surface area contributed by atoms with Crippen LogP contribution in [0.2, 0.25) is 0 Å². The summed E-state index contributed by atoms with van der Waals surface area (Å²) in [6, 6.07) is 7.59. The third kappa shape index (κ3) is 5.84. The van der Waals surface area contributed by atoms with E-state index in [1.165, 1.54) is 6.42 Å². The van der Waals surface area contributed by atoms with Gasteiger partial charge >= 0.3 is 0 Å². The van der Waals surface area contributed by atoms with E-state index in [0.717, 1.165) is 49.5 Å². The molecule has 0 unspecified atom stereocenters. The van der Waals surface area contributed by atoms with Gasteiger partial charge in [0.15, 0.2) is 0 Å². The van der Waals surface area contributed by atoms with Crippen LogP contribution in [0.3, 0.4) is 0 Å². The molecule has 2 N–H and O–H groups in total. The lowest BCUT2D eigenvalue weighted by atomic mass is 9.93. The summed E-state index contributed by atoms with van der Waals surface area (Å²) < 4.78 is 0. The van der Waals surface area contributed by atoms with Crippen LogP contribution in [0.5, 0.6) is 0 Å². The number of benzene rings is 1. The summed E-state index contributed by atoms with van der Waals surface area (Å²) in [5.74, 6) is 0.862. The molecule has 0 atom stereocenters. The number of hydrogen-bond acceptors (Lipinski definition) is 3. The molecule has 1 fully saturated rings. The molecule has 1 aromatic carbocycles. The van der Waals surface area contributed by atoms with Gasteiger partial charge in [0.25, 0.3) is 5.91 Å². The highest BCUT2D eigenvalue weighted by atomic mass is 16.2. The van der Waals surface area contributed by atoms with Crippen LogP contribution in [0.25, 0.3) is 0 Å². The lowest BCUT2D eigenvalue weighted by Gasteiger charge is -2.32. The Balaban J connectivity index is 1.84. The van der Waals surface area contributed by atoms with Crippen LogP contribution >= 0.6 is 0 Å². The van der Waals surface area contributed by atoms with Gasteiger partial charge in [-0.05, 0) is 56.5 Å². The summed E-state index contributed by atoms with van der Waals surface area (Å²) in [6.07, 6.45) is 3.36. The molecule has 5 heteroatoms. The van der Waals surface area contributed by atoms with Crippen molar-refractivity contribution in [2.24, 2.45) is 11.3 Å². The molecule has 0 aliphatic carbocycles. The quantitative estimate of drug-likeness (QED) is 0.821. The number of rotatable bonds is 6. The van der Waals surface area contributed by atoms with E-state index in [-0.39, 0.29) is 11.8 Å². The van der Waals surface area contributed by atoms with Crippen LogP contribution in [0.4, 0.5) is 0 Å². The van der Waals surface area contributed by atoms with Crippen molar-refractivity contribution in [2.75, 3.05) is 26.7 Å². The largest absolute Gasteiger partial charge is 0.352 e. The molecule has 1 saturated heterocycles. The van der Waals surface area contributed by atoms with Crippen LogP contribution in [0.1, 0.15) is 56.0 Å². The SMILES string of the molecule is CNCCC1CCN(C(=O)c2ccc(CNC(=O)C(C)(C)C)cc2)CC1. The van der Waals surface area contributed by atoms with E-state index in [0.29, 0.717) is 6.54 Å². The van der Waals surface area contributed by atoms with Crippen LogP contribution in [0, 0.1) is 11.3 Å². The standard InChI is InChI=1S/C21H33N3O2/c1-21(2,3)20(26)23-15-17-5-7-18(8-6-17)19(25)24-13-10-16(11-14-24)9-12-22-4/h5-8,16,22H,9-15H2,1-4H3,(H,23,26). The number of amides is 2. The molecular weight excluding hydrogens is 326 g/mol. The van der Waals surface area contributed by atoms with Crippen molar-refractivity contribution in [1.82, 2.24) is 15.5 Å². The maximum Gasteiger partial charge on any atom is 0.253 e. The summed E-state index contributed by atoms with van der Waals surface area (Å²) in [7, 11) is 1.98. The molecule has 0 saturated carbocycles. The first kappa shape index (κ1) is 20.4. The number of carbonyl (C=O) groups excluding carboxylic acids is 2. The smallest absolute Gasteiger partial charge is 0.253 e. The lowest BCUT2D eigenvalue weighted by Crippen LogP contribution is -2.39. The first-order valence-corrected chi connectivity index (χ1v) is 9.62. The average Bonchev–Trinajstić information content (AvgIpc) is 2.64. The highest BCUT2D eigenvalue weighted by Crippen LogP contribution is 2.21. The lowest BCUT2D eigenvalue weighted by molar-refractivity contribution is -0.128. The molecule has 0 bridgehead atoms. The van der Waals surface area contributed by atoms with E-state index in [4.69, 9.17) is 0 Å². The first-order valence-electron chi connectivity index (χ1n) is 9.62. The van der Waals surface area contributed by atoms with Crippen LogP contribution < -0.4 is 10.6 Å². The highest BCUT2D eigenvalue weighted by molar-refractivity contribution is 5.94. The van der Waals surface area contributed by atoms with Crippen molar-refractivity contribution in [3.05, 3.63) is 35.4 Å². The fourth-order valence-corrected chi connectivity index (χ4v) is 3.17. The zero-order valence-electron chi connectivity index (χ0n) is 16.6. The van der Waals surface area contributed by atoms with E-state index >= 15 is 0 Å². The molecule has 0 aromatic heterocycles. The van der Waals surface area contributed by atoms with Crippen molar-refractivity contribution in [3.8, 4) is 0 Å². The Hall–Kier alpha value is -1.88. The first-order chi connectivity index (χ1) is 12.3. The summed E-state index contributed by atoms with van der Waals surface area (Å²) in [5.41, 5.74) is 1.34. The maximum atomic E-state index is 12.7. The topological polar surface area (TPSA) is 61.4 Å². The van der Waals surface area contributed by atoms with Gasteiger partial charge in [0, 0.05) is 30.6 Å². The third-order valence-corrected chi connectivity index (χ3v) is 5.04. The van der Waals surface area contributed by atoms with E-state index in [9.17, 15) is 9.59 Å². The Morgan fingerprint density at radius 1 is 1.12 bits per heavy atom. The second-order valence-corrected chi connectivity index (χ2v) is 8.26. The molecule has 2 amide bonds.